The number of fused-ring (bicyclic) bond motifs is 5. The zero-order valence-corrected chi connectivity index (χ0v) is 26.9. The van der Waals surface area contributed by atoms with E-state index in [2.05, 4.69) is 40.4 Å². The van der Waals surface area contributed by atoms with Crippen molar-refractivity contribution in [3.8, 4) is 17.6 Å². The van der Waals surface area contributed by atoms with E-state index in [0.717, 1.165) is 74.8 Å². The summed E-state index contributed by atoms with van der Waals surface area (Å²) < 4.78 is 8.19. The molecule has 7 rings (SSSR count). The molecule has 3 atom stereocenters. The van der Waals surface area contributed by atoms with Gasteiger partial charge in [0.15, 0.2) is 34.3 Å². The van der Waals surface area contributed by atoms with Crippen molar-refractivity contribution in [2.75, 3.05) is 37.8 Å². The molecule has 5 heterocycles. The fourth-order valence-corrected chi connectivity index (χ4v) is 9.20. The van der Waals surface area contributed by atoms with Gasteiger partial charge in [0.25, 0.3) is 0 Å². The van der Waals surface area contributed by atoms with Crippen molar-refractivity contribution in [1.82, 2.24) is 35.0 Å². The highest BCUT2D eigenvalue weighted by Gasteiger charge is 2.49. The maximum atomic E-state index is 10.7. The fourth-order valence-electron chi connectivity index (χ4n) is 8.04. The Kier molecular flexibility index (Phi) is 6.95. The first-order valence-corrected chi connectivity index (χ1v) is 16.4. The van der Waals surface area contributed by atoms with E-state index in [4.69, 9.17) is 20.2 Å². The van der Waals surface area contributed by atoms with E-state index in [1.54, 1.807) is 13.8 Å². The average molecular weight is 617 g/mol. The Labute approximate surface area is 260 Å². The van der Waals surface area contributed by atoms with Crippen molar-refractivity contribution in [2.45, 2.75) is 95.2 Å². The molecule has 0 aromatic carbocycles. The van der Waals surface area contributed by atoms with Crippen LogP contribution in [0, 0.1) is 11.3 Å². The van der Waals surface area contributed by atoms with Crippen molar-refractivity contribution in [2.24, 2.45) is 0 Å². The zero-order valence-electron chi connectivity index (χ0n) is 26.1. The minimum absolute atomic E-state index is 0.0475. The number of aryl methyl sites for hydroxylation is 1. The number of thiophene rings is 1. The standard InChI is InChI=1S/C31H40N10O2S/c1-17(20-10-8-14-39(20)4)41-29-24(36-38-41)28(40(5)16-30(2,3)42)34-27(35-29)23-18-9-6-12-31(25(18)43-37-23)13-7-11-21-22(31)19(15-32)26(33)44-21/h17,20,42H,6-14,16,33H2,1-5H3. The van der Waals surface area contributed by atoms with Gasteiger partial charge in [0.2, 0.25) is 0 Å². The summed E-state index contributed by atoms with van der Waals surface area (Å²) in [6, 6.07) is 2.77. The Hall–Kier alpha value is -3.60. The second kappa shape index (κ2) is 10.5. The third-order valence-corrected chi connectivity index (χ3v) is 11.0. The first-order chi connectivity index (χ1) is 21.0. The van der Waals surface area contributed by atoms with E-state index >= 15 is 0 Å². The smallest absolute Gasteiger partial charge is 0.186 e. The number of nitrogens with zero attached hydrogens (tertiary/aromatic N) is 9. The largest absolute Gasteiger partial charge is 0.389 e. The maximum absolute atomic E-state index is 10.7. The van der Waals surface area contributed by atoms with Crippen LogP contribution < -0.4 is 10.6 Å². The normalized spacial score (nSPS) is 22.7. The van der Waals surface area contributed by atoms with E-state index in [0.29, 0.717) is 51.7 Å². The molecule has 2 aliphatic carbocycles. The van der Waals surface area contributed by atoms with Crippen LogP contribution in [0.25, 0.3) is 22.7 Å². The molecule has 12 nitrogen and oxygen atoms in total. The number of aliphatic hydroxyl groups is 1. The minimum Gasteiger partial charge on any atom is -0.389 e. The second-order valence-corrected chi connectivity index (χ2v) is 14.7. The van der Waals surface area contributed by atoms with Gasteiger partial charge in [-0.1, -0.05) is 10.4 Å². The number of nitrogens with two attached hydrogens (primary N) is 1. The van der Waals surface area contributed by atoms with Crippen LogP contribution in [0.1, 0.15) is 92.7 Å². The summed E-state index contributed by atoms with van der Waals surface area (Å²) in [6.45, 7) is 7.11. The fraction of sp³-hybridized carbons (Fsp3) is 0.613. The minimum atomic E-state index is -0.957. The molecule has 3 N–H and O–H groups in total. The molecule has 44 heavy (non-hydrogen) atoms. The quantitative estimate of drug-likeness (QED) is 0.319. The summed E-state index contributed by atoms with van der Waals surface area (Å²) in [5.74, 6) is 1.86. The number of rotatable bonds is 6. The third kappa shape index (κ3) is 4.49. The third-order valence-electron chi connectivity index (χ3n) is 9.88. The van der Waals surface area contributed by atoms with Gasteiger partial charge >= 0.3 is 0 Å². The Morgan fingerprint density at radius 2 is 2.02 bits per heavy atom. The van der Waals surface area contributed by atoms with Gasteiger partial charge in [-0.3, -0.25) is 0 Å². The second-order valence-electron chi connectivity index (χ2n) is 13.6. The molecule has 0 bridgehead atoms. The summed E-state index contributed by atoms with van der Waals surface area (Å²) in [6.07, 6.45) is 7.64. The SMILES string of the molecule is CC(C1CCCN1C)n1nnc2c(N(C)CC(C)(C)O)nc(-c3noc4c3CCCC43CCCc4sc(N)c(C#N)c43)nc21. The van der Waals surface area contributed by atoms with Gasteiger partial charge in [0.1, 0.15) is 11.1 Å². The maximum Gasteiger partial charge on any atom is 0.186 e. The predicted molar refractivity (Wildman–Crippen MR) is 169 cm³/mol. The van der Waals surface area contributed by atoms with E-state index in [1.807, 2.05) is 16.6 Å². The highest BCUT2D eigenvalue weighted by atomic mass is 32.1. The van der Waals surface area contributed by atoms with Crippen LogP contribution in [0.5, 0.6) is 0 Å². The molecular formula is C31H40N10O2S. The van der Waals surface area contributed by atoms with Gasteiger partial charge in [-0.15, -0.1) is 16.4 Å². The topological polar surface area (TPSA) is 159 Å². The number of nitriles is 1. The summed E-state index contributed by atoms with van der Waals surface area (Å²) in [4.78, 5) is 15.6. The van der Waals surface area contributed by atoms with Gasteiger partial charge < -0.3 is 25.2 Å². The van der Waals surface area contributed by atoms with Crippen molar-refractivity contribution in [3.05, 3.63) is 27.3 Å². The van der Waals surface area contributed by atoms with Crippen molar-refractivity contribution >= 4 is 33.3 Å². The molecule has 1 spiro atoms. The molecule has 13 heteroatoms. The lowest BCUT2D eigenvalue weighted by molar-refractivity contribution is 0.0885. The van der Waals surface area contributed by atoms with Crippen LogP contribution in [0.3, 0.4) is 0 Å². The highest BCUT2D eigenvalue weighted by Crippen LogP contribution is 2.55. The van der Waals surface area contributed by atoms with Crippen LogP contribution in [0.2, 0.25) is 0 Å². The Morgan fingerprint density at radius 1 is 1.25 bits per heavy atom. The number of likely N-dealkylation sites (tertiary alicyclic amines) is 1. The van der Waals surface area contributed by atoms with Gasteiger partial charge in [-0.25, -0.2) is 14.6 Å². The van der Waals surface area contributed by atoms with Crippen LogP contribution in [0.4, 0.5) is 10.8 Å². The lowest BCUT2D eigenvalue weighted by Gasteiger charge is -2.39. The molecule has 232 valence electrons. The summed E-state index contributed by atoms with van der Waals surface area (Å²) >= 11 is 1.54. The number of anilines is 2. The van der Waals surface area contributed by atoms with E-state index in [1.165, 1.54) is 16.2 Å². The predicted octanol–water partition coefficient (Wildman–Crippen LogP) is 4.21. The molecule has 0 radical (unpaired) electrons. The number of aromatic nitrogens is 6. The van der Waals surface area contributed by atoms with Crippen LogP contribution in [0.15, 0.2) is 4.52 Å². The molecule has 0 amide bonds. The van der Waals surface area contributed by atoms with Gasteiger partial charge in [0.05, 0.1) is 22.6 Å². The molecule has 4 aromatic rings. The molecular weight excluding hydrogens is 576 g/mol. The summed E-state index contributed by atoms with van der Waals surface area (Å²) in [5.41, 5.74) is 9.43. The lowest BCUT2D eigenvalue weighted by atomic mass is 9.63. The molecule has 3 aliphatic rings. The molecule has 1 aliphatic heterocycles. The first-order valence-electron chi connectivity index (χ1n) is 15.6. The molecule has 4 aromatic heterocycles. The van der Waals surface area contributed by atoms with Crippen molar-refractivity contribution in [1.29, 1.82) is 5.26 Å². The number of likely N-dealkylation sites (N-methyl/N-ethyl adjacent to an activating group) is 2. The average Bonchev–Trinajstić information content (AvgIpc) is 3.76. The number of hydrogen-bond acceptors (Lipinski definition) is 12. The van der Waals surface area contributed by atoms with Gasteiger partial charge in [-0.05, 0) is 91.3 Å². The number of nitrogen functional groups attached to an aromatic ring is 1. The Balaban J connectivity index is 1.39. The Bertz CT molecular complexity index is 1770. The molecule has 0 saturated carbocycles. The van der Waals surface area contributed by atoms with Crippen molar-refractivity contribution < 1.29 is 9.63 Å². The monoisotopic (exact) mass is 616 g/mol. The van der Waals surface area contributed by atoms with Crippen LogP contribution in [-0.2, 0) is 18.3 Å². The molecule has 1 fully saturated rings. The summed E-state index contributed by atoms with van der Waals surface area (Å²) in [7, 11) is 4.06. The van der Waals surface area contributed by atoms with Gasteiger partial charge in [0, 0.05) is 30.1 Å². The highest BCUT2D eigenvalue weighted by molar-refractivity contribution is 7.16. The van der Waals surface area contributed by atoms with Crippen molar-refractivity contribution in [3.63, 3.8) is 0 Å². The molecule has 3 unspecified atom stereocenters. The number of hydrogen-bond donors (Lipinski definition) is 2. The first kappa shape index (κ1) is 29.1. The van der Waals surface area contributed by atoms with Crippen LogP contribution >= 0.6 is 11.3 Å². The lowest BCUT2D eigenvalue weighted by Crippen LogP contribution is -2.37. The Morgan fingerprint density at radius 3 is 2.73 bits per heavy atom. The molecule has 1 saturated heterocycles. The zero-order chi connectivity index (χ0) is 31.0. The summed E-state index contributed by atoms with van der Waals surface area (Å²) in [5, 5.41) is 35.2. The van der Waals surface area contributed by atoms with Crippen LogP contribution in [-0.4, -0.2) is 79.0 Å². The van der Waals surface area contributed by atoms with E-state index in [-0.39, 0.29) is 6.04 Å². The van der Waals surface area contributed by atoms with E-state index in [9.17, 15) is 10.4 Å². The van der Waals surface area contributed by atoms with E-state index < -0.39 is 11.0 Å². The van der Waals surface area contributed by atoms with Gasteiger partial charge in [-0.2, -0.15) is 5.26 Å².